The largest absolute Gasteiger partial charge is 0.415 e. The van der Waals surface area contributed by atoms with Crippen LogP contribution in [0.5, 0.6) is 0 Å². The standard InChI is InChI=1S/C13H26O3Si/c1-8-10-17(12(14)9-2,15-11(3)4)16-13(5,6)7/h9,11H,2,8,10H2,1,3-7H3. The van der Waals surface area contributed by atoms with Crippen LogP contribution < -0.4 is 0 Å². The molecule has 0 aromatic rings. The Bertz CT molecular complexity index is 268. The number of hydrogen-bond donors (Lipinski definition) is 0. The number of carbonyl (C=O) groups is 1. The van der Waals surface area contributed by atoms with Gasteiger partial charge in [-0.1, -0.05) is 19.9 Å². The first-order valence-electron chi connectivity index (χ1n) is 6.21. The smallest absolute Gasteiger partial charge is 0.387 e. The molecule has 0 aromatic carbocycles. The maximum Gasteiger partial charge on any atom is 0.415 e. The fraction of sp³-hybridized carbons (Fsp3) is 0.769. The molecule has 0 aliphatic heterocycles. The van der Waals surface area contributed by atoms with Crippen molar-refractivity contribution >= 4 is 14.0 Å². The highest BCUT2D eigenvalue weighted by Crippen LogP contribution is 2.25. The van der Waals surface area contributed by atoms with Crippen LogP contribution in [0.3, 0.4) is 0 Å². The molecule has 4 heteroatoms. The summed E-state index contributed by atoms with van der Waals surface area (Å²) < 4.78 is 11.9. The average Bonchev–Trinajstić information content (AvgIpc) is 2.12. The van der Waals surface area contributed by atoms with Crippen LogP contribution in [-0.2, 0) is 13.6 Å². The molecule has 0 amide bonds. The fourth-order valence-corrected chi connectivity index (χ4v) is 5.18. The number of allylic oxidation sites excluding steroid dienone is 1. The van der Waals surface area contributed by atoms with E-state index in [4.69, 9.17) is 8.85 Å². The molecule has 0 bridgehead atoms. The minimum Gasteiger partial charge on any atom is -0.387 e. The first-order chi connectivity index (χ1) is 7.67. The molecule has 0 aliphatic carbocycles. The monoisotopic (exact) mass is 258 g/mol. The molecule has 0 saturated carbocycles. The molecule has 0 spiro atoms. The second kappa shape index (κ2) is 6.47. The van der Waals surface area contributed by atoms with Crippen molar-refractivity contribution in [2.45, 2.75) is 65.7 Å². The van der Waals surface area contributed by atoms with Crippen LogP contribution in [0, 0.1) is 0 Å². The molecule has 1 atom stereocenters. The summed E-state index contributed by atoms with van der Waals surface area (Å²) in [5.74, 6) is 0. The van der Waals surface area contributed by atoms with E-state index in [1.807, 2.05) is 41.5 Å². The predicted octanol–water partition coefficient (Wildman–Crippen LogP) is 3.37. The van der Waals surface area contributed by atoms with Crippen molar-refractivity contribution in [3.05, 3.63) is 12.7 Å². The molecular formula is C13H26O3Si. The first kappa shape index (κ1) is 16.5. The highest BCUT2D eigenvalue weighted by molar-refractivity contribution is 6.98. The summed E-state index contributed by atoms with van der Waals surface area (Å²) >= 11 is 0. The Morgan fingerprint density at radius 2 is 1.94 bits per heavy atom. The summed E-state index contributed by atoms with van der Waals surface area (Å²) in [7, 11) is -2.85. The van der Waals surface area contributed by atoms with E-state index in [1.54, 1.807) is 0 Å². The first-order valence-corrected chi connectivity index (χ1v) is 8.24. The molecule has 0 heterocycles. The van der Waals surface area contributed by atoms with E-state index in [2.05, 4.69) is 6.58 Å². The summed E-state index contributed by atoms with van der Waals surface area (Å²) in [6.45, 7) is 15.3. The maximum atomic E-state index is 12.1. The van der Waals surface area contributed by atoms with Gasteiger partial charge in [-0.05, 0) is 46.7 Å². The Labute approximate surface area is 106 Å². The maximum absolute atomic E-state index is 12.1. The van der Waals surface area contributed by atoms with E-state index < -0.39 is 8.56 Å². The lowest BCUT2D eigenvalue weighted by molar-refractivity contribution is -0.113. The Kier molecular flexibility index (Phi) is 6.30. The topological polar surface area (TPSA) is 35.5 Å². The van der Waals surface area contributed by atoms with E-state index in [0.29, 0.717) is 6.04 Å². The highest BCUT2D eigenvalue weighted by atomic mass is 28.4. The number of rotatable bonds is 7. The van der Waals surface area contributed by atoms with E-state index in [9.17, 15) is 4.79 Å². The lowest BCUT2D eigenvalue weighted by Gasteiger charge is -2.36. The summed E-state index contributed by atoms with van der Waals surface area (Å²) in [4.78, 5) is 12.1. The van der Waals surface area contributed by atoms with Crippen LogP contribution in [-0.4, -0.2) is 25.7 Å². The van der Waals surface area contributed by atoms with Gasteiger partial charge in [0, 0.05) is 6.10 Å². The molecule has 1 unspecified atom stereocenters. The molecule has 0 aliphatic rings. The molecular weight excluding hydrogens is 232 g/mol. The second-order valence-corrected chi connectivity index (χ2v) is 8.39. The molecule has 100 valence electrons. The lowest BCUT2D eigenvalue weighted by atomic mass is 10.2. The molecule has 0 fully saturated rings. The molecule has 0 radical (unpaired) electrons. The lowest BCUT2D eigenvalue weighted by Crippen LogP contribution is -2.55. The summed E-state index contributed by atoms with van der Waals surface area (Å²) in [6, 6.07) is 0.674. The van der Waals surface area contributed by atoms with Crippen molar-refractivity contribution in [1.29, 1.82) is 0 Å². The Balaban J connectivity index is 5.22. The van der Waals surface area contributed by atoms with Crippen molar-refractivity contribution in [1.82, 2.24) is 0 Å². The number of hydrogen-bond acceptors (Lipinski definition) is 3. The minimum absolute atomic E-state index is 0.0144. The molecule has 3 nitrogen and oxygen atoms in total. The third-order valence-corrected chi connectivity index (χ3v) is 5.94. The highest BCUT2D eigenvalue weighted by Gasteiger charge is 2.47. The zero-order valence-electron chi connectivity index (χ0n) is 12.0. The van der Waals surface area contributed by atoms with Gasteiger partial charge in [-0.15, -0.1) is 0 Å². The zero-order chi connectivity index (χ0) is 13.7. The van der Waals surface area contributed by atoms with E-state index in [0.717, 1.165) is 6.42 Å². The van der Waals surface area contributed by atoms with Gasteiger partial charge in [-0.25, -0.2) is 0 Å². The van der Waals surface area contributed by atoms with Crippen LogP contribution in [0.2, 0.25) is 6.04 Å². The Hall–Kier alpha value is -0.453. The fourth-order valence-electron chi connectivity index (χ4n) is 1.73. The van der Waals surface area contributed by atoms with Crippen LogP contribution in [0.4, 0.5) is 0 Å². The molecule has 0 saturated heterocycles. The van der Waals surface area contributed by atoms with Gasteiger partial charge in [0.25, 0.3) is 0 Å². The number of carbonyl (C=O) groups excluding carboxylic acids is 1. The van der Waals surface area contributed by atoms with Crippen LogP contribution in [0.15, 0.2) is 12.7 Å². The van der Waals surface area contributed by atoms with Gasteiger partial charge in [0.2, 0.25) is 0 Å². The van der Waals surface area contributed by atoms with Crippen LogP contribution >= 0.6 is 0 Å². The van der Waals surface area contributed by atoms with Crippen molar-refractivity contribution in [3.8, 4) is 0 Å². The third-order valence-electron chi connectivity index (χ3n) is 2.04. The average molecular weight is 258 g/mol. The van der Waals surface area contributed by atoms with Crippen molar-refractivity contribution in [3.63, 3.8) is 0 Å². The van der Waals surface area contributed by atoms with Crippen LogP contribution in [0.25, 0.3) is 0 Å². The zero-order valence-corrected chi connectivity index (χ0v) is 13.0. The van der Waals surface area contributed by atoms with Gasteiger partial charge in [0.15, 0.2) is 5.41 Å². The van der Waals surface area contributed by atoms with Gasteiger partial charge >= 0.3 is 8.56 Å². The van der Waals surface area contributed by atoms with Gasteiger partial charge in [0.1, 0.15) is 0 Å². The van der Waals surface area contributed by atoms with E-state index >= 15 is 0 Å². The van der Waals surface area contributed by atoms with Crippen LogP contribution in [0.1, 0.15) is 48.0 Å². The molecule has 17 heavy (non-hydrogen) atoms. The van der Waals surface area contributed by atoms with Gasteiger partial charge in [0.05, 0.1) is 5.60 Å². The SMILES string of the molecule is C=CC(=O)[Si](CCC)(OC(C)C)OC(C)(C)C. The van der Waals surface area contributed by atoms with Crippen molar-refractivity contribution in [2.75, 3.05) is 0 Å². The van der Waals surface area contributed by atoms with E-state index in [-0.39, 0.29) is 17.1 Å². The summed E-state index contributed by atoms with van der Waals surface area (Å²) in [5, 5.41) is -0.0667. The summed E-state index contributed by atoms with van der Waals surface area (Å²) in [5.41, 5.74) is -0.380. The normalized spacial score (nSPS) is 15.7. The quantitative estimate of drug-likeness (QED) is 0.519. The second-order valence-electron chi connectivity index (χ2n) is 5.45. The Morgan fingerprint density at radius 1 is 1.41 bits per heavy atom. The van der Waals surface area contributed by atoms with Gasteiger partial charge in [-0.3, -0.25) is 4.79 Å². The third kappa shape index (κ3) is 5.61. The predicted molar refractivity (Wildman–Crippen MR) is 73.1 cm³/mol. The van der Waals surface area contributed by atoms with Gasteiger partial charge in [-0.2, -0.15) is 0 Å². The molecule has 0 rings (SSSR count). The molecule has 0 aromatic heterocycles. The molecule has 0 N–H and O–H groups in total. The van der Waals surface area contributed by atoms with E-state index in [1.165, 1.54) is 6.08 Å². The minimum atomic E-state index is -2.85. The van der Waals surface area contributed by atoms with Crippen molar-refractivity contribution in [2.24, 2.45) is 0 Å². The summed E-state index contributed by atoms with van der Waals surface area (Å²) in [6.07, 6.45) is 2.20. The van der Waals surface area contributed by atoms with Gasteiger partial charge < -0.3 is 8.85 Å². The van der Waals surface area contributed by atoms with Crippen molar-refractivity contribution < 1.29 is 13.6 Å². The Morgan fingerprint density at radius 3 is 2.24 bits per heavy atom.